The first kappa shape index (κ1) is 20.4. The van der Waals surface area contributed by atoms with Gasteiger partial charge in [-0.15, -0.1) is 0 Å². The number of carbonyl (C=O) groups excluding carboxylic acids is 2. The summed E-state index contributed by atoms with van der Waals surface area (Å²) in [5.41, 5.74) is 2.63. The number of aromatic nitrogens is 2. The fourth-order valence-electron chi connectivity index (χ4n) is 4.12. The molecule has 7 nitrogen and oxygen atoms in total. The second-order valence-electron chi connectivity index (χ2n) is 8.49. The molecule has 0 bridgehead atoms. The highest BCUT2D eigenvalue weighted by atomic mass is 19.1. The molecular formula is C24H23FN4O3. The number of nitrogens with zero attached hydrogens (tertiary/aromatic N) is 3. The van der Waals surface area contributed by atoms with Crippen LogP contribution < -0.4 is 10.2 Å². The lowest BCUT2D eigenvalue weighted by atomic mass is 9.85. The Morgan fingerprint density at radius 2 is 2.06 bits per heavy atom. The molecule has 5 rings (SSSR count). The molecule has 1 saturated carbocycles. The maximum Gasteiger partial charge on any atom is 0.230 e. The van der Waals surface area contributed by atoms with E-state index >= 15 is 0 Å². The van der Waals surface area contributed by atoms with Gasteiger partial charge in [0, 0.05) is 35.8 Å². The van der Waals surface area contributed by atoms with Crippen LogP contribution in [0, 0.1) is 18.7 Å². The van der Waals surface area contributed by atoms with E-state index < -0.39 is 5.92 Å². The Morgan fingerprint density at radius 3 is 2.81 bits per heavy atom. The number of hydrogen-bond donors (Lipinski definition) is 1. The molecule has 2 fully saturated rings. The largest absolute Gasteiger partial charge is 0.339 e. The smallest absolute Gasteiger partial charge is 0.230 e. The summed E-state index contributed by atoms with van der Waals surface area (Å²) in [4.78, 5) is 31.6. The van der Waals surface area contributed by atoms with Crippen molar-refractivity contribution in [3.05, 3.63) is 59.7 Å². The molecular weight excluding hydrogens is 411 g/mol. The minimum Gasteiger partial charge on any atom is -0.339 e. The highest BCUT2D eigenvalue weighted by Gasteiger charge is 2.35. The first-order chi connectivity index (χ1) is 15.5. The molecule has 1 aromatic heterocycles. The van der Waals surface area contributed by atoms with Gasteiger partial charge in [-0.2, -0.15) is 4.98 Å². The number of rotatable bonds is 5. The number of halogens is 1. The van der Waals surface area contributed by atoms with Gasteiger partial charge >= 0.3 is 0 Å². The van der Waals surface area contributed by atoms with Crippen LogP contribution in [0.4, 0.5) is 15.8 Å². The molecule has 1 aliphatic heterocycles. The van der Waals surface area contributed by atoms with Crippen molar-refractivity contribution in [3.8, 4) is 11.4 Å². The Balaban J connectivity index is 1.30. The molecule has 164 valence electrons. The molecule has 32 heavy (non-hydrogen) atoms. The SMILES string of the molecule is Cc1cc(F)ccc1NC(=O)[C@@H]1CC(=O)N(c2cccc(-c3noc(C4CCC4)n3)c2)C1. The Bertz CT molecular complexity index is 1190. The summed E-state index contributed by atoms with van der Waals surface area (Å²) >= 11 is 0. The first-order valence-electron chi connectivity index (χ1n) is 10.8. The van der Waals surface area contributed by atoms with Gasteiger partial charge in [-0.3, -0.25) is 9.59 Å². The molecule has 1 atom stereocenters. The highest BCUT2D eigenvalue weighted by Crippen LogP contribution is 2.36. The number of benzene rings is 2. The summed E-state index contributed by atoms with van der Waals surface area (Å²) in [6.45, 7) is 2.00. The Hall–Kier alpha value is -3.55. The fourth-order valence-corrected chi connectivity index (χ4v) is 4.12. The third kappa shape index (κ3) is 3.88. The summed E-state index contributed by atoms with van der Waals surface area (Å²) in [5.74, 6) is 0.290. The van der Waals surface area contributed by atoms with Crippen molar-refractivity contribution < 1.29 is 18.5 Å². The van der Waals surface area contributed by atoms with Gasteiger partial charge in [0.2, 0.25) is 23.5 Å². The molecule has 2 amide bonds. The highest BCUT2D eigenvalue weighted by molar-refractivity contribution is 6.03. The number of hydrogen-bond acceptors (Lipinski definition) is 5. The van der Waals surface area contributed by atoms with Crippen LogP contribution in [0.25, 0.3) is 11.4 Å². The van der Waals surface area contributed by atoms with Crippen molar-refractivity contribution >= 4 is 23.2 Å². The lowest BCUT2D eigenvalue weighted by Gasteiger charge is -2.20. The number of carbonyl (C=O) groups is 2. The van der Waals surface area contributed by atoms with Crippen molar-refractivity contribution in [1.82, 2.24) is 10.1 Å². The van der Waals surface area contributed by atoms with Gasteiger partial charge in [-0.05, 0) is 55.7 Å². The van der Waals surface area contributed by atoms with Gasteiger partial charge < -0.3 is 14.7 Å². The minimum absolute atomic E-state index is 0.115. The maximum absolute atomic E-state index is 13.3. The summed E-state index contributed by atoms with van der Waals surface area (Å²) in [5, 5.41) is 6.92. The number of amides is 2. The molecule has 0 unspecified atom stereocenters. The molecule has 1 saturated heterocycles. The predicted molar refractivity (Wildman–Crippen MR) is 117 cm³/mol. The Morgan fingerprint density at radius 1 is 1.22 bits per heavy atom. The standard InChI is InChI=1S/C24H23FN4O3/c1-14-10-18(25)8-9-20(14)26-23(31)17-12-21(30)29(13-17)19-7-3-6-16(11-19)22-27-24(32-28-22)15-4-2-5-15/h3,6-11,15,17H,2,4-5,12-13H2,1H3,(H,26,31)/t17-/m1/s1. The van der Waals surface area contributed by atoms with Crippen molar-refractivity contribution in [2.75, 3.05) is 16.8 Å². The van der Waals surface area contributed by atoms with Crippen molar-refractivity contribution in [2.45, 2.75) is 38.5 Å². The van der Waals surface area contributed by atoms with Crippen LogP contribution in [-0.4, -0.2) is 28.5 Å². The number of nitrogens with one attached hydrogen (secondary N) is 1. The zero-order chi connectivity index (χ0) is 22.2. The molecule has 2 aliphatic rings. The lowest BCUT2D eigenvalue weighted by Crippen LogP contribution is -2.28. The first-order valence-corrected chi connectivity index (χ1v) is 10.8. The van der Waals surface area contributed by atoms with Gasteiger partial charge in [0.15, 0.2) is 0 Å². The van der Waals surface area contributed by atoms with Gasteiger partial charge in [0.05, 0.1) is 5.92 Å². The third-order valence-corrected chi connectivity index (χ3v) is 6.25. The molecule has 1 N–H and O–H groups in total. The predicted octanol–water partition coefficient (Wildman–Crippen LogP) is 4.44. The molecule has 1 aliphatic carbocycles. The van der Waals surface area contributed by atoms with E-state index in [-0.39, 0.29) is 30.6 Å². The number of anilines is 2. The van der Waals surface area contributed by atoms with Crippen molar-refractivity contribution in [3.63, 3.8) is 0 Å². The Labute approximate surface area is 184 Å². The molecule has 2 aromatic carbocycles. The molecule has 8 heteroatoms. The second kappa shape index (κ2) is 8.18. The van der Waals surface area contributed by atoms with E-state index in [1.54, 1.807) is 11.8 Å². The lowest BCUT2D eigenvalue weighted by molar-refractivity contribution is -0.122. The van der Waals surface area contributed by atoms with E-state index in [0.717, 1.165) is 18.4 Å². The van der Waals surface area contributed by atoms with Crippen LogP contribution in [0.5, 0.6) is 0 Å². The normalized spacial score (nSPS) is 18.6. The summed E-state index contributed by atoms with van der Waals surface area (Å²) in [7, 11) is 0. The van der Waals surface area contributed by atoms with Crippen LogP contribution in [-0.2, 0) is 9.59 Å². The van der Waals surface area contributed by atoms with Crippen molar-refractivity contribution in [2.24, 2.45) is 5.92 Å². The van der Waals surface area contributed by atoms with Crippen LogP contribution in [0.15, 0.2) is 47.0 Å². The average Bonchev–Trinajstić information content (AvgIpc) is 3.36. The van der Waals surface area contributed by atoms with Crippen molar-refractivity contribution in [1.29, 1.82) is 0 Å². The van der Waals surface area contributed by atoms with Crippen LogP contribution in [0.2, 0.25) is 0 Å². The summed E-state index contributed by atoms with van der Waals surface area (Å²) in [6.07, 6.45) is 3.45. The topological polar surface area (TPSA) is 88.3 Å². The quantitative estimate of drug-likeness (QED) is 0.641. The van der Waals surface area contributed by atoms with Gasteiger partial charge in [-0.1, -0.05) is 23.7 Å². The van der Waals surface area contributed by atoms with Gasteiger partial charge in [0.25, 0.3) is 0 Å². The minimum atomic E-state index is -0.494. The van der Waals surface area contributed by atoms with Crippen LogP contribution in [0.3, 0.4) is 0 Å². The zero-order valence-electron chi connectivity index (χ0n) is 17.7. The van der Waals surface area contributed by atoms with E-state index in [1.165, 1.54) is 24.6 Å². The van der Waals surface area contributed by atoms with Gasteiger partial charge in [-0.25, -0.2) is 4.39 Å². The molecule has 2 heterocycles. The van der Waals surface area contributed by atoms with E-state index in [0.29, 0.717) is 34.6 Å². The van der Waals surface area contributed by atoms with E-state index in [4.69, 9.17) is 4.52 Å². The molecule has 0 spiro atoms. The average molecular weight is 434 g/mol. The molecule has 3 aromatic rings. The van der Waals surface area contributed by atoms with E-state index in [1.807, 2.05) is 24.3 Å². The monoisotopic (exact) mass is 434 g/mol. The number of aryl methyl sites for hydroxylation is 1. The maximum atomic E-state index is 13.3. The summed E-state index contributed by atoms with van der Waals surface area (Å²) in [6, 6.07) is 11.6. The van der Waals surface area contributed by atoms with E-state index in [9.17, 15) is 14.0 Å². The second-order valence-corrected chi connectivity index (χ2v) is 8.49. The van der Waals surface area contributed by atoms with Crippen LogP contribution in [0.1, 0.15) is 43.1 Å². The zero-order valence-corrected chi connectivity index (χ0v) is 17.7. The fraction of sp³-hybridized carbons (Fsp3) is 0.333. The van der Waals surface area contributed by atoms with Gasteiger partial charge in [0.1, 0.15) is 5.82 Å². The summed E-state index contributed by atoms with van der Waals surface area (Å²) < 4.78 is 18.7. The van der Waals surface area contributed by atoms with Crippen LogP contribution >= 0.6 is 0 Å². The molecule has 0 radical (unpaired) electrons. The van der Waals surface area contributed by atoms with E-state index in [2.05, 4.69) is 15.5 Å². The Kier molecular flexibility index (Phi) is 5.20. The third-order valence-electron chi connectivity index (χ3n) is 6.25.